The fourth-order valence-corrected chi connectivity index (χ4v) is 5.78. The van der Waals surface area contributed by atoms with Crippen LogP contribution in [-0.2, 0) is 10.0 Å². The van der Waals surface area contributed by atoms with Crippen molar-refractivity contribution in [1.29, 1.82) is 0 Å². The Morgan fingerprint density at radius 3 is 2.52 bits per heavy atom. The van der Waals surface area contributed by atoms with Crippen LogP contribution < -0.4 is 4.72 Å². The number of hydrogen-bond acceptors (Lipinski definition) is 3. The Morgan fingerprint density at radius 1 is 0.968 bits per heavy atom. The van der Waals surface area contributed by atoms with Crippen LogP contribution in [0.4, 0.5) is 5.69 Å². The number of sulfonamides is 1. The van der Waals surface area contributed by atoms with Crippen LogP contribution in [-0.4, -0.2) is 38.4 Å². The first-order chi connectivity index (χ1) is 14.5. The molecule has 2 heterocycles. The second-order valence-corrected chi connectivity index (χ2v) is 9.82. The summed E-state index contributed by atoms with van der Waals surface area (Å²) in [5.74, 6) is 0.500. The molecule has 1 aliphatic rings. The van der Waals surface area contributed by atoms with Crippen molar-refractivity contribution in [3.05, 3.63) is 72.4 Å². The monoisotopic (exact) mass is 455 g/mol. The van der Waals surface area contributed by atoms with Gasteiger partial charge in [-0.15, -0.1) is 12.4 Å². The summed E-state index contributed by atoms with van der Waals surface area (Å²) in [4.78, 5) is 6.00. The number of H-pyrrole nitrogens is 1. The van der Waals surface area contributed by atoms with Gasteiger partial charge in [-0.1, -0.05) is 36.4 Å². The van der Waals surface area contributed by atoms with Gasteiger partial charge in [-0.2, -0.15) is 0 Å². The first-order valence-electron chi connectivity index (χ1n) is 10.3. The summed E-state index contributed by atoms with van der Waals surface area (Å²) < 4.78 is 29.2. The zero-order chi connectivity index (χ0) is 20.7. The predicted octanol–water partition coefficient (Wildman–Crippen LogP) is 5.35. The number of nitrogens with one attached hydrogen (secondary N) is 2. The van der Waals surface area contributed by atoms with Gasteiger partial charge in [-0.3, -0.25) is 4.72 Å². The number of halogens is 1. The number of benzene rings is 3. The number of fused-ring (bicyclic) bond motifs is 2. The quantitative estimate of drug-likeness (QED) is 0.435. The van der Waals surface area contributed by atoms with Crippen molar-refractivity contribution in [3.8, 4) is 0 Å². The molecule has 5 nitrogen and oxygen atoms in total. The van der Waals surface area contributed by atoms with E-state index in [4.69, 9.17) is 0 Å². The number of nitrogens with zero attached hydrogens (tertiary/aromatic N) is 1. The molecule has 1 aliphatic heterocycles. The molecule has 31 heavy (non-hydrogen) atoms. The highest BCUT2D eigenvalue weighted by molar-refractivity contribution is 7.93. The van der Waals surface area contributed by atoms with Gasteiger partial charge in [0, 0.05) is 28.2 Å². The SMILES string of the molecule is CN1CCC(c2c[nH]c3ccc(NS(=O)(=O)c4cccc5ccccc45)cc23)CC1.Cl. The van der Waals surface area contributed by atoms with E-state index in [0.29, 0.717) is 16.5 Å². The van der Waals surface area contributed by atoms with Crippen molar-refractivity contribution < 1.29 is 8.42 Å². The number of aromatic amines is 1. The molecule has 0 atom stereocenters. The fraction of sp³-hybridized carbons (Fsp3) is 0.250. The second kappa shape index (κ2) is 8.54. The summed E-state index contributed by atoms with van der Waals surface area (Å²) in [6.07, 6.45) is 4.33. The molecular formula is C24H26ClN3O2S. The molecule has 5 rings (SSSR count). The highest BCUT2D eigenvalue weighted by atomic mass is 35.5. The van der Waals surface area contributed by atoms with Crippen LogP contribution in [0.1, 0.15) is 24.3 Å². The van der Waals surface area contributed by atoms with Gasteiger partial charge in [0.15, 0.2) is 0 Å². The average Bonchev–Trinajstić information content (AvgIpc) is 3.17. The van der Waals surface area contributed by atoms with E-state index in [1.54, 1.807) is 12.1 Å². The lowest BCUT2D eigenvalue weighted by atomic mass is 9.89. The van der Waals surface area contributed by atoms with Gasteiger partial charge in [0.25, 0.3) is 10.0 Å². The Morgan fingerprint density at radius 2 is 1.71 bits per heavy atom. The lowest BCUT2D eigenvalue weighted by molar-refractivity contribution is 0.256. The molecule has 1 saturated heterocycles. The van der Waals surface area contributed by atoms with E-state index in [1.807, 2.05) is 48.5 Å². The Hall–Kier alpha value is -2.54. The van der Waals surface area contributed by atoms with Gasteiger partial charge in [0.2, 0.25) is 0 Å². The molecule has 0 spiro atoms. The molecule has 4 aromatic rings. The molecule has 3 aromatic carbocycles. The number of piperidine rings is 1. The van der Waals surface area contributed by atoms with E-state index in [-0.39, 0.29) is 12.4 Å². The molecule has 0 bridgehead atoms. The molecule has 162 valence electrons. The molecule has 7 heteroatoms. The third-order valence-electron chi connectivity index (χ3n) is 6.16. The largest absolute Gasteiger partial charge is 0.361 e. The number of anilines is 1. The summed E-state index contributed by atoms with van der Waals surface area (Å²) in [5, 5.41) is 2.73. The minimum absolute atomic E-state index is 0. The van der Waals surface area contributed by atoms with E-state index in [2.05, 4.69) is 27.9 Å². The van der Waals surface area contributed by atoms with Crippen LogP contribution in [0.5, 0.6) is 0 Å². The van der Waals surface area contributed by atoms with E-state index < -0.39 is 10.0 Å². The maximum atomic E-state index is 13.2. The Balaban J connectivity index is 0.00000231. The first kappa shape index (κ1) is 21.7. The minimum atomic E-state index is -3.70. The molecule has 0 amide bonds. The topological polar surface area (TPSA) is 65.2 Å². The van der Waals surface area contributed by atoms with Gasteiger partial charge < -0.3 is 9.88 Å². The summed E-state index contributed by atoms with van der Waals surface area (Å²) in [6, 6.07) is 18.6. The summed E-state index contributed by atoms with van der Waals surface area (Å²) in [5.41, 5.74) is 2.91. The smallest absolute Gasteiger partial charge is 0.262 e. The number of hydrogen-bond donors (Lipinski definition) is 2. The van der Waals surface area contributed by atoms with Gasteiger partial charge >= 0.3 is 0 Å². The standard InChI is InChI=1S/C24H25N3O2S.ClH/c1-27-13-11-18(12-14-27)22-16-25-23-10-9-19(15-21(22)23)26-30(28,29)24-8-4-6-17-5-2-3-7-20(17)24;/h2-10,15-16,18,25-26H,11-14H2,1H3;1H. The molecule has 0 unspecified atom stereocenters. The zero-order valence-corrected chi connectivity index (χ0v) is 19.0. The third-order valence-corrected chi connectivity index (χ3v) is 7.60. The average molecular weight is 456 g/mol. The maximum Gasteiger partial charge on any atom is 0.262 e. The van der Waals surface area contributed by atoms with Gasteiger partial charge in [-0.05, 0) is 74.1 Å². The molecule has 0 aliphatic carbocycles. The van der Waals surface area contributed by atoms with Crippen molar-refractivity contribution in [2.24, 2.45) is 0 Å². The maximum absolute atomic E-state index is 13.2. The number of likely N-dealkylation sites (tertiary alicyclic amines) is 1. The van der Waals surface area contributed by atoms with E-state index in [0.717, 1.165) is 47.6 Å². The van der Waals surface area contributed by atoms with Crippen molar-refractivity contribution in [2.75, 3.05) is 24.9 Å². The minimum Gasteiger partial charge on any atom is -0.361 e. The Labute approximate surface area is 188 Å². The van der Waals surface area contributed by atoms with Crippen molar-refractivity contribution in [2.45, 2.75) is 23.7 Å². The molecule has 1 fully saturated rings. The van der Waals surface area contributed by atoms with E-state index >= 15 is 0 Å². The van der Waals surface area contributed by atoms with Crippen molar-refractivity contribution >= 4 is 49.8 Å². The molecule has 2 N–H and O–H groups in total. The first-order valence-corrected chi connectivity index (χ1v) is 11.8. The molecule has 1 aromatic heterocycles. The van der Waals surface area contributed by atoms with Crippen LogP contribution in [0.2, 0.25) is 0 Å². The predicted molar refractivity (Wildman–Crippen MR) is 130 cm³/mol. The van der Waals surface area contributed by atoms with Crippen molar-refractivity contribution in [1.82, 2.24) is 9.88 Å². The zero-order valence-electron chi connectivity index (χ0n) is 17.3. The van der Waals surface area contributed by atoms with Gasteiger partial charge in [0.1, 0.15) is 0 Å². The Kier molecular flexibility index (Phi) is 5.97. The Bertz CT molecular complexity index is 1320. The van der Waals surface area contributed by atoms with Crippen LogP contribution in [0.3, 0.4) is 0 Å². The summed E-state index contributed by atoms with van der Waals surface area (Å²) >= 11 is 0. The van der Waals surface area contributed by atoms with Crippen LogP contribution >= 0.6 is 12.4 Å². The second-order valence-electron chi connectivity index (χ2n) is 8.16. The third kappa shape index (κ3) is 4.15. The lowest BCUT2D eigenvalue weighted by Crippen LogP contribution is -2.29. The molecule has 0 saturated carbocycles. The lowest BCUT2D eigenvalue weighted by Gasteiger charge is -2.28. The van der Waals surface area contributed by atoms with Gasteiger partial charge in [-0.25, -0.2) is 8.42 Å². The van der Waals surface area contributed by atoms with Crippen LogP contribution in [0.25, 0.3) is 21.7 Å². The highest BCUT2D eigenvalue weighted by Gasteiger charge is 2.22. The normalized spacial score (nSPS) is 15.8. The number of aromatic nitrogens is 1. The highest BCUT2D eigenvalue weighted by Crippen LogP contribution is 2.34. The van der Waals surface area contributed by atoms with Crippen LogP contribution in [0.15, 0.2) is 71.8 Å². The van der Waals surface area contributed by atoms with E-state index in [1.165, 1.54) is 5.56 Å². The summed E-state index contributed by atoms with van der Waals surface area (Å²) in [7, 11) is -1.55. The van der Waals surface area contributed by atoms with Crippen molar-refractivity contribution in [3.63, 3.8) is 0 Å². The molecular weight excluding hydrogens is 430 g/mol. The molecule has 0 radical (unpaired) electrons. The fourth-order valence-electron chi connectivity index (χ4n) is 4.50. The van der Waals surface area contributed by atoms with E-state index in [9.17, 15) is 8.42 Å². The summed E-state index contributed by atoms with van der Waals surface area (Å²) in [6.45, 7) is 2.18. The van der Waals surface area contributed by atoms with Crippen LogP contribution in [0, 0.1) is 0 Å². The van der Waals surface area contributed by atoms with Gasteiger partial charge in [0.05, 0.1) is 4.90 Å². The number of rotatable bonds is 4.